The second-order valence-corrected chi connectivity index (χ2v) is 6.52. The van der Waals surface area contributed by atoms with Crippen molar-refractivity contribution in [1.29, 1.82) is 5.26 Å². The average molecular weight is 410 g/mol. The number of piperazine rings is 1. The van der Waals surface area contributed by atoms with Gasteiger partial charge in [-0.15, -0.1) is 0 Å². The van der Waals surface area contributed by atoms with Crippen molar-refractivity contribution in [1.82, 2.24) is 9.88 Å². The third kappa shape index (κ3) is 4.46. The summed E-state index contributed by atoms with van der Waals surface area (Å²) in [5, 5.41) is 10.9. The first kappa shape index (κ1) is 19.8. The van der Waals surface area contributed by atoms with E-state index >= 15 is 0 Å². The number of aromatic nitrogens is 1. The Hall–Kier alpha value is -2.99. The Bertz CT molecular complexity index is 903. The molecule has 1 aliphatic rings. The Morgan fingerprint density at radius 2 is 1.89 bits per heavy atom. The number of benzene rings is 1. The van der Waals surface area contributed by atoms with Gasteiger partial charge in [0.1, 0.15) is 11.9 Å². The zero-order chi connectivity index (χ0) is 20.3. The van der Waals surface area contributed by atoms with Crippen LogP contribution in [0.4, 0.5) is 29.5 Å². The van der Waals surface area contributed by atoms with Gasteiger partial charge in [0.15, 0.2) is 0 Å². The van der Waals surface area contributed by atoms with Gasteiger partial charge in [0.25, 0.3) is 0 Å². The highest BCUT2D eigenvalue weighted by Crippen LogP contribution is 2.36. The van der Waals surface area contributed by atoms with Crippen molar-refractivity contribution in [2.45, 2.75) is 6.18 Å². The lowest BCUT2D eigenvalue weighted by Gasteiger charge is -2.35. The quantitative estimate of drug-likeness (QED) is 0.814. The molecule has 0 atom stereocenters. The number of carbonyl (C=O) groups excluding carboxylic acids is 1. The molecule has 0 unspecified atom stereocenters. The van der Waals surface area contributed by atoms with Crippen molar-refractivity contribution in [2.24, 2.45) is 0 Å². The molecule has 0 spiro atoms. The van der Waals surface area contributed by atoms with Gasteiger partial charge >= 0.3 is 12.2 Å². The van der Waals surface area contributed by atoms with E-state index in [0.29, 0.717) is 37.6 Å². The lowest BCUT2D eigenvalue weighted by atomic mass is 10.2. The minimum atomic E-state index is -4.60. The maximum Gasteiger partial charge on any atom is 0.417 e. The highest BCUT2D eigenvalue weighted by molar-refractivity contribution is 6.31. The highest BCUT2D eigenvalue weighted by atomic mass is 35.5. The number of rotatable bonds is 2. The fourth-order valence-electron chi connectivity index (χ4n) is 2.80. The zero-order valence-corrected chi connectivity index (χ0v) is 15.3. The molecule has 0 saturated carbocycles. The van der Waals surface area contributed by atoms with Crippen LogP contribution in [0.1, 0.15) is 11.1 Å². The minimum absolute atomic E-state index is 0.0258. The first-order chi connectivity index (χ1) is 13.3. The third-order valence-electron chi connectivity index (χ3n) is 4.29. The molecule has 1 saturated heterocycles. The molecular formula is C18H15ClF3N5O. The minimum Gasteiger partial charge on any atom is -0.353 e. The Balaban J connectivity index is 1.60. The predicted molar refractivity (Wildman–Crippen MR) is 98.2 cm³/mol. The number of pyridine rings is 1. The van der Waals surface area contributed by atoms with Gasteiger partial charge in [-0.1, -0.05) is 11.6 Å². The van der Waals surface area contributed by atoms with Crippen LogP contribution in [-0.4, -0.2) is 42.1 Å². The predicted octanol–water partition coefficient (Wildman–Crippen LogP) is 3.98. The van der Waals surface area contributed by atoms with Crippen molar-refractivity contribution in [3.8, 4) is 6.07 Å². The fraction of sp³-hybridized carbons (Fsp3) is 0.278. The highest BCUT2D eigenvalue weighted by Gasteiger charge is 2.33. The Morgan fingerprint density at radius 1 is 1.18 bits per heavy atom. The summed E-state index contributed by atoms with van der Waals surface area (Å²) in [5.41, 5.74) is -0.510. The lowest BCUT2D eigenvalue weighted by Crippen LogP contribution is -2.50. The van der Waals surface area contributed by atoms with Crippen LogP contribution >= 0.6 is 11.6 Å². The van der Waals surface area contributed by atoms with E-state index < -0.39 is 22.8 Å². The molecule has 10 heteroatoms. The first-order valence-electron chi connectivity index (χ1n) is 8.31. The van der Waals surface area contributed by atoms with Crippen LogP contribution in [0.3, 0.4) is 0 Å². The van der Waals surface area contributed by atoms with Gasteiger partial charge in [0.2, 0.25) is 0 Å². The van der Waals surface area contributed by atoms with Gasteiger partial charge in [-0.05, 0) is 30.3 Å². The van der Waals surface area contributed by atoms with E-state index in [1.807, 2.05) is 11.0 Å². The van der Waals surface area contributed by atoms with Crippen molar-refractivity contribution in [3.05, 3.63) is 52.7 Å². The maximum absolute atomic E-state index is 12.9. The number of nitriles is 1. The van der Waals surface area contributed by atoms with Crippen LogP contribution in [-0.2, 0) is 6.18 Å². The number of carbonyl (C=O) groups is 1. The summed E-state index contributed by atoms with van der Waals surface area (Å²) in [6.45, 7) is 1.79. The van der Waals surface area contributed by atoms with Gasteiger partial charge < -0.3 is 15.1 Å². The molecule has 2 heterocycles. The van der Waals surface area contributed by atoms with Crippen LogP contribution in [0.5, 0.6) is 0 Å². The van der Waals surface area contributed by atoms with E-state index in [4.69, 9.17) is 16.9 Å². The van der Waals surface area contributed by atoms with E-state index in [1.54, 1.807) is 12.1 Å². The Labute approximate surface area is 164 Å². The van der Waals surface area contributed by atoms with Gasteiger partial charge in [-0.25, -0.2) is 9.78 Å². The third-order valence-corrected chi connectivity index (χ3v) is 4.62. The number of hydrogen-bond acceptors (Lipinski definition) is 4. The number of halogens is 4. The van der Waals surface area contributed by atoms with Gasteiger partial charge in [0.05, 0.1) is 16.1 Å². The molecule has 6 nitrogen and oxygen atoms in total. The summed E-state index contributed by atoms with van der Waals surface area (Å²) in [5.74, 6) is 0.701. The van der Waals surface area contributed by atoms with Crippen LogP contribution in [0.25, 0.3) is 0 Å². The number of amides is 2. The van der Waals surface area contributed by atoms with Crippen LogP contribution in [0.15, 0.2) is 36.5 Å². The number of hydrogen-bond donors (Lipinski definition) is 1. The normalized spacial score (nSPS) is 14.5. The molecule has 0 radical (unpaired) electrons. The van der Waals surface area contributed by atoms with Crippen molar-refractivity contribution in [2.75, 3.05) is 36.4 Å². The molecule has 1 aromatic heterocycles. The lowest BCUT2D eigenvalue weighted by molar-refractivity contribution is -0.137. The molecule has 1 aliphatic heterocycles. The van der Waals surface area contributed by atoms with Gasteiger partial charge in [0, 0.05) is 38.1 Å². The van der Waals surface area contributed by atoms with E-state index in [0.717, 1.165) is 12.1 Å². The van der Waals surface area contributed by atoms with E-state index in [1.165, 1.54) is 17.2 Å². The van der Waals surface area contributed by atoms with Crippen LogP contribution in [0.2, 0.25) is 5.02 Å². The number of anilines is 2. The molecule has 0 aliphatic carbocycles. The summed E-state index contributed by atoms with van der Waals surface area (Å²) in [6.07, 6.45) is -3.12. The van der Waals surface area contributed by atoms with E-state index in [9.17, 15) is 18.0 Å². The molecule has 1 N–H and O–H groups in total. The van der Waals surface area contributed by atoms with E-state index in [2.05, 4.69) is 10.3 Å². The number of alkyl halides is 3. The molecule has 1 aromatic carbocycles. The second-order valence-electron chi connectivity index (χ2n) is 6.11. The molecule has 2 amide bonds. The summed E-state index contributed by atoms with van der Waals surface area (Å²) in [6, 6.07) is 8.17. The number of nitrogens with zero attached hydrogens (tertiary/aromatic N) is 4. The number of nitrogens with one attached hydrogen (secondary N) is 1. The summed E-state index contributed by atoms with van der Waals surface area (Å²) < 4.78 is 38.8. The van der Waals surface area contributed by atoms with Crippen molar-refractivity contribution in [3.63, 3.8) is 0 Å². The van der Waals surface area contributed by atoms with Gasteiger partial charge in [-0.3, -0.25) is 0 Å². The number of urea groups is 1. The van der Waals surface area contributed by atoms with Crippen LogP contribution in [0, 0.1) is 11.3 Å². The molecule has 2 aromatic rings. The summed E-state index contributed by atoms with van der Waals surface area (Å²) in [7, 11) is 0. The monoisotopic (exact) mass is 409 g/mol. The molecule has 1 fully saturated rings. The smallest absolute Gasteiger partial charge is 0.353 e. The Morgan fingerprint density at radius 3 is 2.46 bits per heavy atom. The first-order valence-corrected chi connectivity index (χ1v) is 8.69. The topological polar surface area (TPSA) is 72.3 Å². The molecule has 0 bridgehead atoms. The van der Waals surface area contributed by atoms with Gasteiger partial charge in [-0.2, -0.15) is 18.4 Å². The Kier molecular flexibility index (Phi) is 5.61. The molecule has 3 rings (SSSR count). The molecule has 146 valence electrons. The van der Waals surface area contributed by atoms with Crippen molar-refractivity contribution < 1.29 is 18.0 Å². The van der Waals surface area contributed by atoms with E-state index in [-0.39, 0.29) is 5.69 Å². The molecular weight excluding hydrogens is 395 g/mol. The second kappa shape index (κ2) is 7.94. The summed E-state index contributed by atoms with van der Waals surface area (Å²) >= 11 is 5.59. The largest absolute Gasteiger partial charge is 0.417 e. The van der Waals surface area contributed by atoms with Crippen molar-refractivity contribution >= 4 is 29.1 Å². The average Bonchev–Trinajstić information content (AvgIpc) is 2.69. The zero-order valence-electron chi connectivity index (χ0n) is 14.5. The fourth-order valence-corrected chi connectivity index (χ4v) is 3.03. The maximum atomic E-state index is 12.9. The summed E-state index contributed by atoms with van der Waals surface area (Å²) in [4.78, 5) is 20.1. The molecule has 28 heavy (non-hydrogen) atoms. The standard InChI is InChI=1S/C18H15ClF3N5O/c19-15-3-2-13(9-14(15)18(20,21)22)25-17(28)27-7-5-26(6-8-27)16-4-1-12(10-23)11-24-16/h1-4,9,11H,5-8H2,(H,25,28). The SMILES string of the molecule is N#Cc1ccc(N2CCN(C(=O)Nc3ccc(Cl)c(C(F)(F)F)c3)CC2)nc1. The van der Waals surface area contributed by atoms with Crippen LogP contribution < -0.4 is 10.2 Å².